The van der Waals surface area contributed by atoms with E-state index in [2.05, 4.69) is 35.1 Å². The molecule has 5 heteroatoms. The van der Waals surface area contributed by atoms with E-state index in [0.29, 0.717) is 5.92 Å². The van der Waals surface area contributed by atoms with Crippen LogP contribution in [0.2, 0.25) is 0 Å². The summed E-state index contributed by atoms with van der Waals surface area (Å²) in [5, 5.41) is 0. The maximum atomic E-state index is 12.7. The molecule has 2 saturated heterocycles. The van der Waals surface area contributed by atoms with Gasteiger partial charge in [0, 0.05) is 50.5 Å². The lowest BCUT2D eigenvalue weighted by atomic mass is 10.1. The van der Waals surface area contributed by atoms with E-state index in [9.17, 15) is 4.79 Å². The number of rotatable bonds is 5. The smallest absolute Gasteiger partial charge is 0.253 e. The molecule has 0 bridgehead atoms. The SMILES string of the molecule is CCN1CCN(c2ccc(C(=O)N3CCC(CSC)C3)cc2)CC1. The molecule has 2 fully saturated rings. The topological polar surface area (TPSA) is 26.8 Å². The van der Waals surface area contributed by atoms with Gasteiger partial charge < -0.3 is 14.7 Å². The maximum absolute atomic E-state index is 12.7. The number of hydrogen-bond donors (Lipinski definition) is 0. The van der Waals surface area contributed by atoms with Crippen molar-refractivity contribution in [1.29, 1.82) is 0 Å². The molecule has 2 heterocycles. The Bertz CT molecular complexity index is 540. The van der Waals surface area contributed by atoms with Crippen LogP contribution in [0, 0.1) is 5.92 Å². The van der Waals surface area contributed by atoms with Crippen molar-refractivity contribution in [1.82, 2.24) is 9.80 Å². The second kappa shape index (κ2) is 8.26. The van der Waals surface area contributed by atoms with Crippen LogP contribution in [0.3, 0.4) is 0 Å². The van der Waals surface area contributed by atoms with Crippen LogP contribution in [-0.4, -0.2) is 73.5 Å². The maximum Gasteiger partial charge on any atom is 0.253 e. The van der Waals surface area contributed by atoms with Gasteiger partial charge in [0.25, 0.3) is 5.91 Å². The zero-order chi connectivity index (χ0) is 16.9. The minimum absolute atomic E-state index is 0.195. The van der Waals surface area contributed by atoms with Crippen LogP contribution in [0.15, 0.2) is 24.3 Å². The lowest BCUT2D eigenvalue weighted by Gasteiger charge is -2.35. The average molecular weight is 348 g/mol. The van der Waals surface area contributed by atoms with Crippen molar-refractivity contribution in [2.45, 2.75) is 13.3 Å². The number of carbonyl (C=O) groups excluding carboxylic acids is 1. The summed E-state index contributed by atoms with van der Waals surface area (Å²) in [7, 11) is 0. The molecule has 132 valence electrons. The highest BCUT2D eigenvalue weighted by Crippen LogP contribution is 2.23. The number of likely N-dealkylation sites (N-methyl/N-ethyl adjacent to an activating group) is 1. The Morgan fingerprint density at radius 1 is 1.12 bits per heavy atom. The van der Waals surface area contributed by atoms with Gasteiger partial charge in [-0.3, -0.25) is 4.79 Å². The molecule has 0 aliphatic carbocycles. The zero-order valence-electron chi connectivity index (χ0n) is 14.9. The van der Waals surface area contributed by atoms with Crippen molar-refractivity contribution >= 4 is 23.4 Å². The summed E-state index contributed by atoms with van der Waals surface area (Å²) in [6.07, 6.45) is 3.29. The molecule has 0 saturated carbocycles. The van der Waals surface area contributed by atoms with Crippen molar-refractivity contribution < 1.29 is 4.79 Å². The highest BCUT2D eigenvalue weighted by molar-refractivity contribution is 7.98. The standard InChI is InChI=1S/C19H29N3OS/c1-3-20-10-12-21(13-11-20)18-6-4-17(5-7-18)19(23)22-9-8-16(14-22)15-24-2/h4-7,16H,3,8-15H2,1-2H3. The molecule has 1 unspecified atom stereocenters. The Balaban J connectivity index is 1.57. The van der Waals surface area contributed by atoms with Crippen LogP contribution in [0.4, 0.5) is 5.69 Å². The Kier molecular flexibility index (Phi) is 6.06. The van der Waals surface area contributed by atoms with E-state index in [1.54, 1.807) is 0 Å². The molecule has 1 amide bonds. The zero-order valence-corrected chi connectivity index (χ0v) is 15.7. The first-order valence-corrected chi connectivity index (χ1v) is 10.5. The summed E-state index contributed by atoms with van der Waals surface area (Å²) in [4.78, 5) is 19.6. The largest absolute Gasteiger partial charge is 0.369 e. The monoisotopic (exact) mass is 347 g/mol. The fourth-order valence-electron chi connectivity index (χ4n) is 3.71. The Morgan fingerprint density at radius 2 is 1.83 bits per heavy atom. The summed E-state index contributed by atoms with van der Waals surface area (Å²) >= 11 is 1.88. The van der Waals surface area contributed by atoms with E-state index < -0.39 is 0 Å². The second-order valence-electron chi connectivity index (χ2n) is 6.83. The third kappa shape index (κ3) is 4.06. The minimum Gasteiger partial charge on any atom is -0.369 e. The molecule has 4 nitrogen and oxygen atoms in total. The van der Waals surface area contributed by atoms with E-state index >= 15 is 0 Å². The normalized spacial score (nSPS) is 22.2. The molecule has 24 heavy (non-hydrogen) atoms. The molecule has 3 rings (SSSR count). The van der Waals surface area contributed by atoms with E-state index in [0.717, 1.165) is 63.6 Å². The first-order chi connectivity index (χ1) is 11.7. The Morgan fingerprint density at radius 3 is 2.46 bits per heavy atom. The van der Waals surface area contributed by atoms with E-state index in [4.69, 9.17) is 0 Å². The lowest BCUT2D eigenvalue weighted by molar-refractivity contribution is 0.0788. The molecule has 1 aromatic rings. The molecule has 0 N–H and O–H groups in total. The van der Waals surface area contributed by atoms with Crippen LogP contribution >= 0.6 is 11.8 Å². The third-order valence-electron chi connectivity index (χ3n) is 5.27. The fraction of sp³-hybridized carbons (Fsp3) is 0.632. The lowest BCUT2D eigenvalue weighted by Crippen LogP contribution is -2.46. The number of thioether (sulfide) groups is 1. The first-order valence-electron chi connectivity index (χ1n) is 9.07. The van der Waals surface area contributed by atoms with Gasteiger partial charge in [0.1, 0.15) is 0 Å². The summed E-state index contributed by atoms with van der Waals surface area (Å²) < 4.78 is 0. The van der Waals surface area contributed by atoms with Gasteiger partial charge in [-0.25, -0.2) is 0 Å². The minimum atomic E-state index is 0.195. The van der Waals surface area contributed by atoms with Gasteiger partial charge in [-0.2, -0.15) is 11.8 Å². The molecule has 0 spiro atoms. The number of anilines is 1. The van der Waals surface area contributed by atoms with Crippen LogP contribution in [0.5, 0.6) is 0 Å². The summed E-state index contributed by atoms with van der Waals surface area (Å²) in [5.41, 5.74) is 2.07. The number of benzene rings is 1. The summed E-state index contributed by atoms with van der Waals surface area (Å²) in [6.45, 7) is 9.58. The number of carbonyl (C=O) groups is 1. The molecule has 0 radical (unpaired) electrons. The third-order valence-corrected chi connectivity index (χ3v) is 6.08. The van der Waals surface area contributed by atoms with E-state index in [-0.39, 0.29) is 5.91 Å². The van der Waals surface area contributed by atoms with Gasteiger partial charge in [-0.1, -0.05) is 6.92 Å². The van der Waals surface area contributed by atoms with Crippen molar-refractivity contribution in [3.8, 4) is 0 Å². The molecule has 1 aromatic carbocycles. The Hall–Kier alpha value is -1.20. The molecule has 0 aromatic heterocycles. The van der Waals surface area contributed by atoms with Crippen LogP contribution in [-0.2, 0) is 0 Å². The Labute approximate surface area is 150 Å². The number of likely N-dealkylation sites (tertiary alicyclic amines) is 1. The first kappa shape index (κ1) is 17.6. The number of piperazine rings is 1. The van der Waals surface area contributed by atoms with Crippen molar-refractivity contribution in [3.63, 3.8) is 0 Å². The summed E-state index contributed by atoms with van der Waals surface area (Å²) in [5.74, 6) is 2.02. The number of amides is 1. The molecule has 2 aliphatic heterocycles. The number of nitrogens with zero attached hydrogens (tertiary/aromatic N) is 3. The van der Waals surface area contributed by atoms with Crippen LogP contribution in [0.1, 0.15) is 23.7 Å². The molecule has 2 aliphatic rings. The van der Waals surface area contributed by atoms with Gasteiger partial charge in [-0.15, -0.1) is 0 Å². The average Bonchev–Trinajstić information content (AvgIpc) is 3.10. The molecular formula is C19H29N3OS. The van der Waals surface area contributed by atoms with Crippen molar-refractivity contribution in [2.24, 2.45) is 5.92 Å². The predicted molar refractivity (Wildman–Crippen MR) is 103 cm³/mol. The highest BCUT2D eigenvalue weighted by Gasteiger charge is 2.26. The van der Waals surface area contributed by atoms with Gasteiger partial charge in [0.2, 0.25) is 0 Å². The number of hydrogen-bond acceptors (Lipinski definition) is 4. The van der Waals surface area contributed by atoms with E-state index in [1.807, 2.05) is 28.8 Å². The van der Waals surface area contributed by atoms with Crippen LogP contribution in [0.25, 0.3) is 0 Å². The van der Waals surface area contributed by atoms with Gasteiger partial charge in [0.05, 0.1) is 0 Å². The van der Waals surface area contributed by atoms with Crippen molar-refractivity contribution in [2.75, 3.05) is 62.7 Å². The predicted octanol–water partition coefficient (Wildman–Crippen LogP) is 2.65. The van der Waals surface area contributed by atoms with E-state index in [1.165, 1.54) is 5.69 Å². The van der Waals surface area contributed by atoms with Crippen LogP contribution < -0.4 is 4.90 Å². The summed E-state index contributed by atoms with van der Waals surface area (Å²) in [6, 6.07) is 8.24. The fourth-order valence-corrected chi connectivity index (χ4v) is 4.45. The highest BCUT2D eigenvalue weighted by atomic mass is 32.2. The molecular weight excluding hydrogens is 318 g/mol. The second-order valence-corrected chi connectivity index (χ2v) is 7.74. The van der Waals surface area contributed by atoms with Gasteiger partial charge in [-0.05, 0) is 55.2 Å². The van der Waals surface area contributed by atoms with Gasteiger partial charge >= 0.3 is 0 Å². The quantitative estimate of drug-likeness (QED) is 0.818. The van der Waals surface area contributed by atoms with Gasteiger partial charge in [0.15, 0.2) is 0 Å². The van der Waals surface area contributed by atoms with Crippen molar-refractivity contribution in [3.05, 3.63) is 29.8 Å². The molecule has 1 atom stereocenters.